The maximum absolute atomic E-state index is 13.3. The van der Waals surface area contributed by atoms with Crippen molar-refractivity contribution in [3.8, 4) is 0 Å². The normalized spacial score (nSPS) is 29.3. The van der Waals surface area contributed by atoms with E-state index in [2.05, 4.69) is 10.2 Å². The fraction of sp³-hybridized carbons (Fsp3) is 0.565. The Kier molecular flexibility index (Phi) is 5.14. The van der Waals surface area contributed by atoms with E-state index in [1.165, 1.54) is 12.8 Å². The molecule has 3 fully saturated rings. The van der Waals surface area contributed by atoms with Crippen molar-refractivity contribution in [2.75, 3.05) is 19.6 Å². The Labute approximate surface area is 181 Å². The van der Waals surface area contributed by atoms with Gasteiger partial charge in [0, 0.05) is 19.5 Å². The predicted molar refractivity (Wildman–Crippen MR) is 112 cm³/mol. The number of nitrogens with two attached hydrogens (primary N) is 1. The van der Waals surface area contributed by atoms with Gasteiger partial charge in [-0.1, -0.05) is 12.1 Å². The van der Waals surface area contributed by atoms with E-state index >= 15 is 0 Å². The summed E-state index contributed by atoms with van der Waals surface area (Å²) < 4.78 is 0. The van der Waals surface area contributed by atoms with Crippen LogP contribution in [-0.4, -0.2) is 59.1 Å². The number of amides is 4. The van der Waals surface area contributed by atoms with Crippen molar-refractivity contribution >= 4 is 23.6 Å². The third-order valence-electron chi connectivity index (χ3n) is 7.37. The van der Waals surface area contributed by atoms with Gasteiger partial charge >= 0.3 is 0 Å². The molecule has 0 aromatic heterocycles. The van der Waals surface area contributed by atoms with E-state index in [1.54, 1.807) is 12.1 Å². The van der Waals surface area contributed by atoms with E-state index in [0.29, 0.717) is 29.5 Å². The van der Waals surface area contributed by atoms with E-state index in [1.807, 2.05) is 6.07 Å². The first kappa shape index (κ1) is 20.3. The van der Waals surface area contributed by atoms with Crippen molar-refractivity contribution in [3.63, 3.8) is 0 Å². The minimum Gasteiger partial charge on any atom is -0.330 e. The Bertz CT molecular complexity index is 957. The molecule has 3 aliphatic heterocycles. The van der Waals surface area contributed by atoms with Crippen molar-refractivity contribution < 1.29 is 19.2 Å². The number of likely N-dealkylation sites (tertiary alicyclic amines) is 1. The number of rotatable bonds is 5. The zero-order valence-corrected chi connectivity index (χ0v) is 17.5. The molecule has 5 rings (SSSR count). The van der Waals surface area contributed by atoms with Crippen molar-refractivity contribution in [2.45, 2.75) is 44.7 Å². The molecule has 2 saturated heterocycles. The van der Waals surface area contributed by atoms with Crippen molar-refractivity contribution in [1.82, 2.24) is 15.1 Å². The number of fused-ring (bicyclic) bond motifs is 1. The first-order valence-electron chi connectivity index (χ1n) is 11.2. The van der Waals surface area contributed by atoms with Gasteiger partial charge in [0.25, 0.3) is 11.8 Å². The summed E-state index contributed by atoms with van der Waals surface area (Å²) in [6, 6.07) is 4.42. The summed E-state index contributed by atoms with van der Waals surface area (Å²) >= 11 is 0. The molecule has 1 unspecified atom stereocenters. The number of carbonyl (C=O) groups excluding carboxylic acids is 4. The Morgan fingerprint density at radius 1 is 1.03 bits per heavy atom. The van der Waals surface area contributed by atoms with Crippen LogP contribution < -0.4 is 11.1 Å². The summed E-state index contributed by atoms with van der Waals surface area (Å²) in [5, 5.41) is 2.24. The van der Waals surface area contributed by atoms with E-state index in [9.17, 15) is 19.2 Å². The lowest BCUT2D eigenvalue weighted by atomic mass is 9.82. The Morgan fingerprint density at radius 2 is 1.84 bits per heavy atom. The minimum atomic E-state index is -0.933. The zero-order chi connectivity index (χ0) is 21.7. The topological polar surface area (TPSA) is 113 Å². The van der Waals surface area contributed by atoms with E-state index in [-0.39, 0.29) is 18.7 Å². The van der Waals surface area contributed by atoms with E-state index in [4.69, 9.17) is 5.73 Å². The molecule has 3 atom stereocenters. The second kappa shape index (κ2) is 7.84. The SMILES string of the molecule is NC[C@@H]1CCN(Cc2cccc3c2C(=O)N(C2CCC(=O)NC2=O)C3=O)C[C@@H]1C1CC1. The summed E-state index contributed by atoms with van der Waals surface area (Å²) in [5.74, 6) is 0.108. The van der Waals surface area contributed by atoms with Crippen LogP contribution in [0.4, 0.5) is 0 Å². The predicted octanol–water partition coefficient (Wildman–Crippen LogP) is 0.895. The van der Waals surface area contributed by atoms with Crippen LogP contribution in [-0.2, 0) is 16.1 Å². The molecule has 1 aromatic carbocycles. The molecule has 1 aromatic rings. The zero-order valence-electron chi connectivity index (χ0n) is 17.5. The molecule has 164 valence electrons. The second-order valence-electron chi connectivity index (χ2n) is 9.31. The average molecular weight is 425 g/mol. The molecule has 4 aliphatic rings. The molecule has 1 aliphatic carbocycles. The van der Waals surface area contributed by atoms with Crippen molar-refractivity contribution in [3.05, 3.63) is 34.9 Å². The van der Waals surface area contributed by atoms with Gasteiger partial charge in [-0.3, -0.25) is 34.3 Å². The number of benzene rings is 1. The van der Waals surface area contributed by atoms with Gasteiger partial charge in [-0.25, -0.2) is 0 Å². The van der Waals surface area contributed by atoms with Crippen LogP contribution in [0.1, 0.15) is 58.4 Å². The van der Waals surface area contributed by atoms with Gasteiger partial charge in [-0.05, 0) is 68.2 Å². The van der Waals surface area contributed by atoms with Gasteiger partial charge in [0.1, 0.15) is 6.04 Å². The Balaban J connectivity index is 1.37. The lowest BCUT2D eigenvalue weighted by Crippen LogP contribution is -2.54. The van der Waals surface area contributed by atoms with Gasteiger partial charge < -0.3 is 5.73 Å². The standard InChI is InChI=1S/C23H28N4O4/c24-10-14-8-9-26(12-17(14)13-4-5-13)11-15-2-1-3-16-20(15)23(31)27(22(16)30)18-6-7-19(28)25-21(18)29/h1-3,13-14,17-18H,4-12,24H2,(H,25,28,29)/t14-,17+,18?/m0/s1. The highest BCUT2D eigenvalue weighted by Gasteiger charge is 2.46. The molecule has 0 spiro atoms. The highest BCUT2D eigenvalue weighted by atomic mass is 16.2. The fourth-order valence-corrected chi connectivity index (χ4v) is 5.55. The van der Waals surface area contributed by atoms with E-state index in [0.717, 1.165) is 42.4 Å². The molecule has 31 heavy (non-hydrogen) atoms. The molecule has 8 heteroatoms. The van der Waals surface area contributed by atoms with Gasteiger partial charge in [0.2, 0.25) is 11.8 Å². The molecule has 4 amide bonds. The quantitative estimate of drug-likeness (QED) is 0.679. The Morgan fingerprint density at radius 3 is 2.55 bits per heavy atom. The summed E-state index contributed by atoms with van der Waals surface area (Å²) in [7, 11) is 0. The number of nitrogens with one attached hydrogen (secondary N) is 1. The largest absolute Gasteiger partial charge is 0.330 e. The highest BCUT2D eigenvalue weighted by molar-refractivity contribution is 6.24. The monoisotopic (exact) mass is 424 g/mol. The van der Waals surface area contributed by atoms with Crippen molar-refractivity contribution in [2.24, 2.45) is 23.5 Å². The lowest BCUT2D eigenvalue weighted by molar-refractivity contribution is -0.136. The molecular weight excluding hydrogens is 396 g/mol. The molecule has 8 nitrogen and oxygen atoms in total. The Hall–Kier alpha value is -2.58. The number of imide groups is 2. The van der Waals surface area contributed by atoms with Crippen LogP contribution in [0.25, 0.3) is 0 Å². The van der Waals surface area contributed by atoms with E-state index < -0.39 is 23.8 Å². The van der Waals surface area contributed by atoms with Crippen LogP contribution >= 0.6 is 0 Å². The molecule has 3 heterocycles. The first-order valence-corrected chi connectivity index (χ1v) is 11.2. The molecule has 0 bridgehead atoms. The third-order valence-corrected chi connectivity index (χ3v) is 7.37. The fourth-order valence-electron chi connectivity index (χ4n) is 5.55. The maximum Gasteiger partial charge on any atom is 0.262 e. The molecule has 1 saturated carbocycles. The maximum atomic E-state index is 13.3. The lowest BCUT2D eigenvalue weighted by Gasteiger charge is -2.38. The number of piperidine rings is 2. The van der Waals surface area contributed by atoms with Gasteiger partial charge in [0.15, 0.2) is 0 Å². The van der Waals surface area contributed by atoms with Gasteiger partial charge in [-0.2, -0.15) is 0 Å². The van der Waals surface area contributed by atoms with Gasteiger partial charge in [0.05, 0.1) is 11.1 Å². The van der Waals surface area contributed by atoms with Crippen LogP contribution in [0, 0.1) is 17.8 Å². The number of hydrogen-bond acceptors (Lipinski definition) is 6. The second-order valence-corrected chi connectivity index (χ2v) is 9.31. The highest BCUT2D eigenvalue weighted by Crippen LogP contribution is 2.43. The summed E-state index contributed by atoms with van der Waals surface area (Å²) in [6.45, 7) is 3.22. The number of hydrogen-bond donors (Lipinski definition) is 2. The minimum absolute atomic E-state index is 0.120. The smallest absolute Gasteiger partial charge is 0.262 e. The average Bonchev–Trinajstić information content (AvgIpc) is 3.57. The molecular formula is C23H28N4O4. The number of nitrogens with zero attached hydrogens (tertiary/aromatic N) is 2. The molecule has 3 N–H and O–H groups in total. The van der Waals surface area contributed by atoms with Crippen LogP contribution in [0.15, 0.2) is 18.2 Å². The summed E-state index contributed by atoms with van der Waals surface area (Å²) in [4.78, 5) is 53.5. The number of carbonyl (C=O) groups is 4. The van der Waals surface area contributed by atoms with Crippen LogP contribution in [0.3, 0.4) is 0 Å². The summed E-state index contributed by atoms with van der Waals surface area (Å²) in [6.07, 6.45) is 3.91. The third kappa shape index (κ3) is 3.57. The van der Waals surface area contributed by atoms with Gasteiger partial charge in [-0.15, -0.1) is 0 Å². The first-order chi connectivity index (χ1) is 15.0. The van der Waals surface area contributed by atoms with Crippen LogP contribution in [0.2, 0.25) is 0 Å². The van der Waals surface area contributed by atoms with Crippen molar-refractivity contribution in [1.29, 1.82) is 0 Å². The molecule has 0 radical (unpaired) electrons. The summed E-state index contributed by atoms with van der Waals surface area (Å²) in [5.41, 5.74) is 7.59. The van der Waals surface area contributed by atoms with Crippen LogP contribution in [0.5, 0.6) is 0 Å².